The summed E-state index contributed by atoms with van der Waals surface area (Å²) in [5.41, 5.74) is 6.49. The Balaban J connectivity index is 1.89. The lowest BCUT2D eigenvalue weighted by Crippen LogP contribution is -2.23. The van der Waals surface area contributed by atoms with Gasteiger partial charge in [0.2, 0.25) is 0 Å². The number of esters is 1. The Hall–Kier alpha value is -3.47. The van der Waals surface area contributed by atoms with E-state index < -0.39 is 5.60 Å². The summed E-state index contributed by atoms with van der Waals surface area (Å²) in [5, 5.41) is 0. The Bertz CT molecular complexity index is 1240. The van der Waals surface area contributed by atoms with Gasteiger partial charge in [0.25, 0.3) is 0 Å². The Morgan fingerprint density at radius 2 is 1.73 bits per heavy atom. The Morgan fingerprint density at radius 1 is 0.946 bits per heavy atom. The molecule has 1 aromatic heterocycles. The molecule has 0 N–H and O–H groups in total. The summed E-state index contributed by atoms with van der Waals surface area (Å²) in [6.07, 6.45) is 5.66. The van der Waals surface area contributed by atoms with E-state index in [1.54, 1.807) is 19.2 Å². The maximum Gasteiger partial charge on any atom is 0.306 e. The zero-order valence-corrected chi connectivity index (χ0v) is 23.0. The number of benzene rings is 2. The highest BCUT2D eigenvalue weighted by Gasteiger charge is 2.17. The van der Waals surface area contributed by atoms with E-state index in [4.69, 9.17) is 9.47 Å². The molecule has 3 rings (SSSR count). The molecule has 3 aromatic rings. The highest BCUT2D eigenvalue weighted by molar-refractivity contribution is 5.96. The Labute approximate surface area is 221 Å². The van der Waals surface area contributed by atoms with Crippen LogP contribution in [0.5, 0.6) is 5.75 Å². The largest absolute Gasteiger partial charge is 0.487 e. The molecular weight excluding hydrogens is 462 g/mol. The Kier molecular flexibility index (Phi) is 9.62. The number of carbonyl (C=O) groups excluding carboxylic acids is 2. The van der Waals surface area contributed by atoms with Gasteiger partial charge in [-0.25, -0.2) is 0 Å². The molecule has 2 aromatic carbocycles. The van der Waals surface area contributed by atoms with Crippen molar-refractivity contribution in [2.45, 2.75) is 85.9 Å². The fourth-order valence-corrected chi connectivity index (χ4v) is 4.28. The molecule has 0 aliphatic heterocycles. The SMILES string of the molecule is CCCc1ccc(-c2cc(C(C)=O)ccc2OCc2cc(C)ccn2)cc1CCCC(=O)OC(C)(C)C. The number of ketones is 1. The van der Waals surface area contributed by atoms with Crippen LogP contribution in [0.1, 0.15) is 86.6 Å². The zero-order valence-electron chi connectivity index (χ0n) is 23.0. The van der Waals surface area contributed by atoms with Gasteiger partial charge in [-0.1, -0.05) is 31.5 Å². The number of carbonyl (C=O) groups is 2. The van der Waals surface area contributed by atoms with Crippen molar-refractivity contribution in [2.24, 2.45) is 0 Å². The van der Waals surface area contributed by atoms with Crippen molar-refractivity contribution < 1.29 is 19.1 Å². The van der Waals surface area contributed by atoms with Crippen LogP contribution in [0.15, 0.2) is 54.7 Å². The van der Waals surface area contributed by atoms with Gasteiger partial charge in [0.15, 0.2) is 5.78 Å². The number of Topliss-reactive ketones (excluding diaryl/α,β-unsaturated/α-hetero) is 1. The van der Waals surface area contributed by atoms with Gasteiger partial charge in [-0.2, -0.15) is 0 Å². The number of aryl methyl sites for hydroxylation is 3. The highest BCUT2D eigenvalue weighted by Crippen LogP contribution is 2.34. The molecule has 0 radical (unpaired) electrons. The molecule has 0 aliphatic rings. The number of aromatic nitrogens is 1. The maximum absolute atomic E-state index is 12.2. The molecule has 196 valence electrons. The lowest BCUT2D eigenvalue weighted by atomic mass is 9.92. The predicted molar refractivity (Wildman–Crippen MR) is 148 cm³/mol. The zero-order chi connectivity index (χ0) is 27.0. The fraction of sp³-hybridized carbons (Fsp3) is 0.406. The summed E-state index contributed by atoms with van der Waals surface area (Å²) >= 11 is 0. The summed E-state index contributed by atoms with van der Waals surface area (Å²) in [6, 6.07) is 16.0. The van der Waals surface area contributed by atoms with E-state index in [0.717, 1.165) is 41.6 Å². The van der Waals surface area contributed by atoms with Gasteiger partial charge in [0.1, 0.15) is 18.0 Å². The number of pyridine rings is 1. The van der Waals surface area contributed by atoms with Gasteiger partial charge >= 0.3 is 5.97 Å². The molecule has 0 bridgehead atoms. The van der Waals surface area contributed by atoms with E-state index in [2.05, 4.69) is 30.1 Å². The van der Waals surface area contributed by atoms with Crippen molar-refractivity contribution in [1.29, 1.82) is 0 Å². The molecular formula is C32H39NO4. The average molecular weight is 502 g/mol. The quantitative estimate of drug-likeness (QED) is 0.202. The third kappa shape index (κ3) is 8.56. The summed E-state index contributed by atoms with van der Waals surface area (Å²) in [7, 11) is 0. The molecule has 0 saturated carbocycles. The molecule has 0 amide bonds. The molecule has 5 heteroatoms. The van der Waals surface area contributed by atoms with Crippen LogP contribution in [0.4, 0.5) is 0 Å². The number of hydrogen-bond acceptors (Lipinski definition) is 5. The van der Waals surface area contributed by atoms with Gasteiger partial charge < -0.3 is 9.47 Å². The molecule has 5 nitrogen and oxygen atoms in total. The second kappa shape index (κ2) is 12.7. The molecule has 1 heterocycles. The summed E-state index contributed by atoms with van der Waals surface area (Å²) < 4.78 is 11.7. The second-order valence-corrected chi connectivity index (χ2v) is 10.6. The monoisotopic (exact) mass is 501 g/mol. The minimum Gasteiger partial charge on any atom is -0.487 e. The van der Waals surface area contributed by atoms with Gasteiger partial charge in [-0.05, 0) is 106 Å². The third-order valence-electron chi connectivity index (χ3n) is 6.02. The molecule has 0 atom stereocenters. The summed E-state index contributed by atoms with van der Waals surface area (Å²) in [6.45, 7) is 11.8. The second-order valence-electron chi connectivity index (χ2n) is 10.6. The molecule has 0 unspecified atom stereocenters. The molecule has 0 fully saturated rings. The lowest BCUT2D eigenvalue weighted by molar-refractivity contribution is -0.154. The van der Waals surface area contributed by atoms with Crippen LogP contribution >= 0.6 is 0 Å². The van der Waals surface area contributed by atoms with Crippen LogP contribution in [-0.4, -0.2) is 22.3 Å². The van der Waals surface area contributed by atoms with Crippen LogP contribution in [0, 0.1) is 6.92 Å². The molecule has 0 spiro atoms. The first-order valence-corrected chi connectivity index (χ1v) is 13.1. The van der Waals surface area contributed by atoms with Gasteiger partial charge in [-0.15, -0.1) is 0 Å². The minimum absolute atomic E-state index is 0.00772. The van der Waals surface area contributed by atoms with Crippen molar-refractivity contribution in [2.75, 3.05) is 0 Å². The van der Waals surface area contributed by atoms with Crippen LogP contribution in [0.2, 0.25) is 0 Å². The van der Waals surface area contributed by atoms with Gasteiger partial charge in [0.05, 0.1) is 5.69 Å². The highest BCUT2D eigenvalue weighted by atomic mass is 16.6. The van der Waals surface area contributed by atoms with Gasteiger partial charge in [-0.3, -0.25) is 14.6 Å². The molecule has 0 aliphatic carbocycles. The first kappa shape index (κ1) is 28.1. The summed E-state index contributed by atoms with van der Waals surface area (Å²) in [4.78, 5) is 28.8. The Morgan fingerprint density at radius 3 is 2.41 bits per heavy atom. The van der Waals surface area contributed by atoms with E-state index in [1.807, 2.05) is 52.0 Å². The van der Waals surface area contributed by atoms with Crippen molar-refractivity contribution in [3.8, 4) is 16.9 Å². The lowest BCUT2D eigenvalue weighted by Gasteiger charge is -2.19. The van der Waals surface area contributed by atoms with Crippen molar-refractivity contribution in [3.63, 3.8) is 0 Å². The topological polar surface area (TPSA) is 65.5 Å². The average Bonchev–Trinajstić information content (AvgIpc) is 2.82. The first-order chi connectivity index (χ1) is 17.6. The maximum atomic E-state index is 12.2. The van der Waals surface area contributed by atoms with E-state index in [-0.39, 0.29) is 11.8 Å². The third-order valence-corrected chi connectivity index (χ3v) is 6.02. The first-order valence-electron chi connectivity index (χ1n) is 13.1. The van der Waals surface area contributed by atoms with Crippen molar-refractivity contribution in [1.82, 2.24) is 4.98 Å². The van der Waals surface area contributed by atoms with Gasteiger partial charge in [0, 0.05) is 23.7 Å². The smallest absolute Gasteiger partial charge is 0.306 e. The van der Waals surface area contributed by atoms with E-state index >= 15 is 0 Å². The molecule has 0 saturated heterocycles. The minimum atomic E-state index is -0.476. The number of nitrogens with zero attached hydrogens (tertiary/aromatic N) is 1. The van der Waals surface area contributed by atoms with Crippen LogP contribution < -0.4 is 4.74 Å². The number of rotatable bonds is 11. The van der Waals surface area contributed by atoms with E-state index in [9.17, 15) is 9.59 Å². The fourth-order valence-electron chi connectivity index (χ4n) is 4.28. The van der Waals surface area contributed by atoms with E-state index in [0.29, 0.717) is 30.8 Å². The van der Waals surface area contributed by atoms with Crippen LogP contribution in [0.3, 0.4) is 0 Å². The normalized spacial score (nSPS) is 11.3. The molecule has 37 heavy (non-hydrogen) atoms. The van der Waals surface area contributed by atoms with Crippen molar-refractivity contribution >= 4 is 11.8 Å². The van der Waals surface area contributed by atoms with Crippen LogP contribution in [0.25, 0.3) is 11.1 Å². The van der Waals surface area contributed by atoms with Crippen molar-refractivity contribution in [3.05, 3.63) is 82.7 Å². The predicted octanol–water partition coefficient (Wildman–Crippen LogP) is 7.46. The standard InChI is InChI=1S/C32H39NO4/c1-7-9-24-12-13-27(19-26(24)10-8-11-31(35)37-32(4,5)6)29-20-25(23(3)34)14-15-30(29)36-21-28-18-22(2)16-17-33-28/h12-20H,7-11,21H2,1-6H3. The van der Waals surface area contributed by atoms with Crippen LogP contribution in [-0.2, 0) is 29.0 Å². The number of hydrogen-bond donors (Lipinski definition) is 0. The summed E-state index contributed by atoms with van der Waals surface area (Å²) in [5.74, 6) is 0.542. The number of ether oxygens (including phenoxy) is 2. The van der Waals surface area contributed by atoms with E-state index in [1.165, 1.54) is 11.1 Å².